The van der Waals surface area contributed by atoms with E-state index in [2.05, 4.69) is 26.6 Å². The first-order valence-electron chi connectivity index (χ1n) is 9.48. The Kier molecular flexibility index (Phi) is 8.23. The maximum absolute atomic E-state index is 11.5. The van der Waals surface area contributed by atoms with Gasteiger partial charge in [-0.25, -0.2) is 0 Å². The number of ether oxygens (including phenoxy) is 2. The van der Waals surface area contributed by atoms with E-state index in [1.54, 1.807) is 21.3 Å². The van der Waals surface area contributed by atoms with Crippen molar-refractivity contribution in [2.24, 2.45) is 10.9 Å². The third kappa shape index (κ3) is 6.05. The predicted molar refractivity (Wildman–Crippen MR) is 108 cm³/mol. The van der Waals surface area contributed by atoms with Gasteiger partial charge in [-0.2, -0.15) is 0 Å². The van der Waals surface area contributed by atoms with E-state index in [9.17, 15) is 4.79 Å². The maximum Gasteiger partial charge on any atom is 0.220 e. The van der Waals surface area contributed by atoms with Crippen molar-refractivity contribution in [3.63, 3.8) is 0 Å². The zero-order valence-electron chi connectivity index (χ0n) is 16.9. The first-order chi connectivity index (χ1) is 13.1. The number of hydrogen-bond acceptors (Lipinski definition) is 4. The summed E-state index contributed by atoms with van der Waals surface area (Å²) in [5, 5.41) is 6.16. The van der Waals surface area contributed by atoms with Gasteiger partial charge < -0.3 is 25.0 Å². The van der Waals surface area contributed by atoms with Gasteiger partial charge in [-0.1, -0.05) is 6.07 Å². The second-order valence-electron chi connectivity index (χ2n) is 6.72. The van der Waals surface area contributed by atoms with Gasteiger partial charge in [0.2, 0.25) is 5.91 Å². The van der Waals surface area contributed by atoms with E-state index < -0.39 is 0 Å². The van der Waals surface area contributed by atoms with Crippen LogP contribution in [0.2, 0.25) is 0 Å². The lowest BCUT2D eigenvalue weighted by Gasteiger charge is -2.34. The Morgan fingerprint density at radius 3 is 2.52 bits per heavy atom. The molecule has 1 amide bonds. The van der Waals surface area contributed by atoms with Crippen LogP contribution in [-0.2, 0) is 11.2 Å². The fourth-order valence-corrected chi connectivity index (χ4v) is 3.40. The summed E-state index contributed by atoms with van der Waals surface area (Å²) in [5.74, 6) is 3.01. The van der Waals surface area contributed by atoms with Crippen LogP contribution in [0, 0.1) is 5.92 Å². The van der Waals surface area contributed by atoms with Crippen LogP contribution in [0.4, 0.5) is 0 Å². The van der Waals surface area contributed by atoms with Crippen molar-refractivity contribution >= 4 is 11.9 Å². The van der Waals surface area contributed by atoms with Crippen molar-refractivity contribution in [2.75, 3.05) is 47.9 Å². The Hall–Kier alpha value is -2.44. The summed E-state index contributed by atoms with van der Waals surface area (Å²) >= 11 is 0. The van der Waals surface area contributed by atoms with Crippen molar-refractivity contribution in [3.8, 4) is 11.5 Å². The lowest BCUT2D eigenvalue weighted by Crippen LogP contribution is -2.46. The molecule has 0 aliphatic carbocycles. The monoisotopic (exact) mass is 376 g/mol. The molecule has 2 N–H and O–H groups in total. The maximum atomic E-state index is 11.5. The van der Waals surface area contributed by atoms with Gasteiger partial charge in [0.05, 0.1) is 14.2 Å². The third-order valence-corrected chi connectivity index (χ3v) is 5.02. The van der Waals surface area contributed by atoms with Gasteiger partial charge in [0, 0.05) is 40.2 Å². The molecule has 0 aromatic heterocycles. The number of guanidine groups is 1. The van der Waals surface area contributed by atoms with Gasteiger partial charge in [-0.05, 0) is 42.9 Å². The molecule has 1 aliphatic rings. The van der Waals surface area contributed by atoms with E-state index in [4.69, 9.17) is 9.47 Å². The van der Waals surface area contributed by atoms with Crippen LogP contribution in [0.1, 0.15) is 24.8 Å². The normalized spacial score (nSPS) is 15.4. The molecular formula is C20H32N4O3. The standard InChI is InChI=1S/C20H32N4O3/c1-21-19(25)14-16-8-11-24(12-9-16)20(22-2)23-10-7-15-5-6-17(26-3)18(13-15)27-4/h5-6,13,16H,7-12,14H2,1-4H3,(H,21,25)(H,22,23). The first-order valence-corrected chi connectivity index (χ1v) is 9.48. The topological polar surface area (TPSA) is 75.2 Å². The highest BCUT2D eigenvalue weighted by Crippen LogP contribution is 2.27. The van der Waals surface area contributed by atoms with Gasteiger partial charge in [-0.3, -0.25) is 9.79 Å². The summed E-state index contributed by atoms with van der Waals surface area (Å²) in [4.78, 5) is 18.2. The fourth-order valence-electron chi connectivity index (χ4n) is 3.40. The predicted octanol–water partition coefficient (Wildman–Crippen LogP) is 1.67. The van der Waals surface area contributed by atoms with E-state index in [1.807, 2.05) is 19.2 Å². The third-order valence-electron chi connectivity index (χ3n) is 5.02. The van der Waals surface area contributed by atoms with Crippen molar-refractivity contribution in [3.05, 3.63) is 23.8 Å². The molecule has 1 aromatic rings. The van der Waals surface area contributed by atoms with Crippen LogP contribution in [0.15, 0.2) is 23.2 Å². The van der Waals surface area contributed by atoms with Crippen LogP contribution in [0.3, 0.4) is 0 Å². The number of nitrogens with one attached hydrogen (secondary N) is 2. The number of amides is 1. The molecular weight excluding hydrogens is 344 g/mol. The summed E-state index contributed by atoms with van der Waals surface area (Å²) in [5.41, 5.74) is 1.18. The number of nitrogens with zero attached hydrogens (tertiary/aromatic N) is 2. The van der Waals surface area contributed by atoms with Crippen LogP contribution in [-0.4, -0.2) is 64.7 Å². The van der Waals surface area contributed by atoms with E-state index in [1.165, 1.54) is 5.56 Å². The van der Waals surface area contributed by atoms with Crippen LogP contribution in [0.25, 0.3) is 0 Å². The Morgan fingerprint density at radius 2 is 1.93 bits per heavy atom. The van der Waals surface area contributed by atoms with Crippen molar-refractivity contribution in [1.29, 1.82) is 0 Å². The van der Waals surface area contributed by atoms with Gasteiger partial charge in [0.1, 0.15) is 0 Å². The number of methoxy groups -OCH3 is 2. The molecule has 7 nitrogen and oxygen atoms in total. The Bertz CT molecular complexity index is 640. The van der Waals surface area contributed by atoms with Crippen LogP contribution < -0.4 is 20.1 Å². The van der Waals surface area contributed by atoms with E-state index in [0.717, 1.165) is 56.4 Å². The molecule has 7 heteroatoms. The largest absolute Gasteiger partial charge is 0.493 e. The van der Waals surface area contributed by atoms with Gasteiger partial charge >= 0.3 is 0 Å². The molecule has 0 spiro atoms. The van der Waals surface area contributed by atoms with E-state index in [-0.39, 0.29) is 5.91 Å². The lowest BCUT2D eigenvalue weighted by molar-refractivity contribution is -0.121. The number of carbonyl (C=O) groups excluding carboxylic acids is 1. The molecule has 1 saturated heterocycles. The SMILES string of the molecule is CN=C(NCCc1ccc(OC)c(OC)c1)N1CCC(CC(=O)NC)CC1. The number of aliphatic imine (C=N–C) groups is 1. The lowest BCUT2D eigenvalue weighted by atomic mass is 9.93. The molecule has 1 fully saturated rings. The summed E-state index contributed by atoms with van der Waals surface area (Å²) in [6.45, 7) is 2.65. The van der Waals surface area contributed by atoms with Gasteiger partial charge in [-0.15, -0.1) is 0 Å². The molecule has 1 aliphatic heterocycles. The van der Waals surface area contributed by atoms with E-state index in [0.29, 0.717) is 12.3 Å². The zero-order chi connectivity index (χ0) is 19.6. The minimum absolute atomic E-state index is 0.130. The summed E-state index contributed by atoms with van der Waals surface area (Å²) in [7, 11) is 6.80. The second kappa shape index (κ2) is 10.6. The minimum Gasteiger partial charge on any atom is -0.493 e. The second-order valence-corrected chi connectivity index (χ2v) is 6.72. The van der Waals surface area contributed by atoms with Gasteiger partial charge in [0.15, 0.2) is 17.5 Å². The molecule has 0 bridgehead atoms. The average Bonchev–Trinajstić information content (AvgIpc) is 2.71. The zero-order valence-corrected chi connectivity index (χ0v) is 16.9. The molecule has 150 valence electrons. The Labute approximate surface area is 162 Å². The van der Waals surface area contributed by atoms with Gasteiger partial charge in [0.25, 0.3) is 0 Å². The molecule has 27 heavy (non-hydrogen) atoms. The fraction of sp³-hybridized carbons (Fsp3) is 0.600. The van der Waals surface area contributed by atoms with Crippen molar-refractivity contribution < 1.29 is 14.3 Å². The first kappa shape index (κ1) is 20.9. The number of carbonyl (C=O) groups is 1. The average molecular weight is 377 g/mol. The number of likely N-dealkylation sites (tertiary alicyclic amines) is 1. The molecule has 1 aromatic carbocycles. The molecule has 0 unspecified atom stereocenters. The summed E-state index contributed by atoms with van der Waals surface area (Å²) in [6, 6.07) is 5.99. The molecule has 2 rings (SSSR count). The van der Waals surface area contributed by atoms with E-state index >= 15 is 0 Å². The summed E-state index contributed by atoms with van der Waals surface area (Å²) in [6.07, 6.45) is 3.52. The highest BCUT2D eigenvalue weighted by atomic mass is 16.5. The summed E-state index contributed by atoms with van der Waals surface area (Å²) < 4.78 is 10.6. The minimum atomic E-state index is 0.130. The van der Waals surface area contributed by atoms with Crippen molar-refractivity contribution in [2.45, 2.75) is 25.7 Å². The Balaban J connectivity index is 1.80. The quantitative estimate of drug-likeness (QED) is 0.559. The highest BCUT2D eigenvalue weighted by molar-refractivity contribution is 5.80. The van der Waals surface area contributed by atoms with Crippen molar-refractivity contribution in [1.82, 2.24) is 15.5 Å². The van der Waals surface area contributed by atoms with Crippen LogP contribution >= 0.6 is 0 Å². The molecule has 1 heterocycles. The Morgan fingerprint density at radius 1 is 1.22 bits per heavy atom. The molecule has 0 atom stereocenters. The molecule has 0 radical (unpaired) electrons. The molecule has 0 saturated carbocycles. The number of hydrogen-bond donors (Lipinski definition) is 2. The smallest absolute Gasteiger partial charge is 0.220 e. The highest BCUT2D eigenvalue weighted by Gasteiger charge is 2.22. The number of benzene rings is 1. The number of piperidine rings is 1. The number of rotatable bonds is 7. The van der Waals surface area contributed by atoms with Crippen LogP contribution in [0.5, 0.6) is 11.5 Å².